The van der Waals surface area contributed by atoms with Gasteiger partial charge in [0.1, 0.15) is 19.3 Å². The Balaban J connectivity index is 2.88. The lowest BCUT2D eigenvalue weighted by atomic mass is 10.1. The number of benzene rings is 1. The van der Waals surface area contributed by atoms with Crippen LogP contribution in [0.5, 0.6) is 17.2 Å². The van der Waals surface area contributed by atoms with E-state index in [1.54, 1.807) is 0 Å². The first kappa shape index (κ1) is 14.0. The SMILES string of the molecule is NC(Cc1cc(O)c(OCCF)c(O)c1)C(=O)O. The first-order chi connectivity index (χ1) is 8.45. The van der Waals surface area contributed by atoms with Crippen molar-refractivity contribution in [1.82, 2.24) is 0 Å². The van der Waals surface area contributed by atoms with Crippen LogP contribution in [0.4, 0.5) is 4.39 Å². The number of hydrogen-bond acceptors (Lipinski definition) is 5. The maximum absolute atomic E-state index is 11.9. The van der Waals surface area contributed by atoms with E-state index in [0.717, 1.165) is 0 Å². The highest BCUT2D eigenvalue weighted by Gasteiger charge is 2.16. The van der Waals surface area contributed by atoms with E-state index in [1.807, 2.05) is 0 Å². The predicted octanol–water partition coefficient (Wildman–Crippen LogP) is 0.400. The maximum Gasteiger partial charge on any atom is 0.320 e. The Morgan fingerprint density at radius 1 is 1.39 bits per heavy atom. The molecule has 0 spiro atoms. The Bertz CT molecular complexity index is 414. The highest BCUT2D eigenvalue weighted by atomic mass is 19.1. The van der Waals surface area contributed by atoms with Gasteiger partial charge in [0, 0.05) is 0 Å². The first-order valence-electron chi connectivity index (χ1n) is 5.17. The van der Waals surface area contributed by atoms with Gasteiger partial charge in [-0.1, -0.05) is 0 Å². The van der Waals surface area contributed by atoms with Crippen LogP contribution >= 0.6 is 0 Å². The molecule has 0 radical (unpaired) electrons. The number of phenolic OH excluding ortho intramolecular Hbond substituents is 2. The monoisotopic (exact) mass is 259 g/mol. The van der Waals surface area contributed by atoms with Crippen LogP contribution in [0.25, 0.3) is 0 Å². The van der Waals surface area contributed by atoms with Gasteiger partial charge in [0.2, 0.25) is 5.75 Å². The minimum Gasteiger partial charge on any atom is -0.504 e. The number of phenols is 2. The standard InChI is InChI=1S/C11H14FNO5/c12-1-2-18-10-8(14)4-6(5-9(10)15)3-7(13)11(16)17/h4-5,7,14-15H,1-3,13H2,(H,16,17). The fourth-order valence-corrected chi connectivity index (χ4v) is 1.40. The van der Waals surface area contributed by atoms with Crippen LogP contribution in [0.1, 0.15) is 5.56 Å². The molecule has 18 heavy (non-hydrogen) atoms. The molecule has 6 nitrogen and oxygen atoms in total. The van der Waals surface area contributed by atoms with E-state index in [0.29, 0.717) is 5.56 Å². The van der Waals surface area contributed by atoms with Crippen LogP contribution in [-0.2, 0) is 11.2 Å². The van der Waals surface area contributed by atoms with Crippen molar-refractivity contribution in [2.24, 2.45) is 5.73 Å². The predicted molar refractivity (Wildman–Crippen MR) is 60.6 cm³/mol. The van der Waals surface area contributed by atoms with Gasteiger partial charge in [0.05, 0.1) is 0 Å². The van der Waals surface area contributed by atoms with Gasteiger partial charge in [-0.2, -0.15) is 0 Å². The number of aliphatic carboxylic acids is 1. The Labute approximate surface area is 102 Å². The second kappa shape index (κ2) is 6.06. The molecule has 1 atom stereocenters. The van der Waals surface area contributed by atoms with E-state index in [9.17, 15) is 19.4 Å². The van der Waals surface area contributed by atoms with Crippen molar-refractivity contribution < 1.29 is 29.2 Å². The molecule has 0 saturated carbocycles. The summed E-state index contributed by atoms with van der Waals surface area (Å²) in [4.78, 5) is 10.6. The average molecular weight is 259 g/mol. The third-order valence-electron chi connectivity index (χ3n) is 2.21. The number of nitrogens with two attached hydrogens (primary N) is 1. The van der Waals surface area contributed by atoms with Gasteiger partial charge >= 0.3 is 5.97 Å². The Kier molecular flexibility index (Phi) is 4.73. The molecule has 0 aromatic heterocycles. The fourth-order valence-electron chi connectivity index (χ4n) is 1.40. The zero-order valence-corrected chi connectivity index (χ0v) is 9.47. The number of aromatic hydroxyl groups is 2. The number of halogens is 1. The second-order valence-electron chi connectivity index (χ2n) is 3.65. The summed E-state index contributed by atoms with van der Waals surface area (Å²) in [7, 11) is 0. The van der Waals surface area contributed by atoms with Crippen LogP contribution < -0.4 is 10.5 Å². The summed E-state index contributed by atoms with van der Waals surface area (Å²) in [6.07, 6.45) is -0.0557. The normalized spacial score (nSPS) is 12.1. The van der Waals surface area contributed by atoms with Crippen molar-refractivity contribution in [3.05, 3.63) is 17.7 Å². The Morgan fingerprint density at radius 2 is 1.94 bits per heavy atom. The van der Waals surface area contributed by atoms with Crippen LogP contribution in [0, 0.1) is 0 Å². The van der Waals surface area contributed by atoms with Gasteiger partial charge in [-0.15, -0.1) is 0 Å². The fraction of sp³-hybridized carbons (Fsp3) is 0.364. The summed E-state index contributed by atoms with van der Waals surface area (Å²) in [5.41, 5.74) is 5.66. The van der Waals surface area contributed by atoms with E-state index in [2.05, 4.69) is 0 Å². The number of hydrogen-bond donors (Lipinski definition) is 4. The second-order valence-corrected chi connectivity index (χ2v) is 3.65. The molecular weight excluding hydrogens is 245 g/mol. The van der Waals surface area contributed by atoms with E-state index in [4.69, 9.17) is 15.6 Å². The number of carboxylic acids is 1. The topological polar surface area (TPSA) is 113 Å². The average Bonchev–Trinajstić information content (AvgIpc) is 2.27. The Morgan fingerprint density at radius 3 is 2.39 bits per heavy atom. The maximum atomic E-state index is 11.9. The lowest BCUT2D eigenvalue weighted by Gasteiger charge is -2.12. The van der Waals surface area contributed by atoms with E-state index < -0.39 is 30.2 Å². The summed E-state index contributed by atoms with van der Waals surface area (Å²) in [6.45, 7) is -1.06. The Hall–Kier alpha value is -2.02. The van der Waals surface area contributed by atoms with Gasteiger partial charge in [0.25, 0.3) is 0 Å². The summed E-state index contributed by atoms with van der Waals surface area (Å²) in [6, 6.07) is 1.30. The van der Waals surface area contributed by atoms with Crippen LogP contribution in [-0.4, -0.2) is 40.6 Å². The summed E-state index contributed by atoms with van der Waals surface area (Å²) >= 11 is 0. The van der Waals surface area contributed by atoms with E-state index >= 15 is 0 Å². The molecule has 1 aromatic carbocycles. The molecular formula is C11H14FNO5. The van der Waals surface area contributed by atoms with Crippen molar-refractivity contribution >= 4 is 5.97 Å². The van der Waals surface area contributed by atoms with Gasteiger partial charge < -0.3 is 25.8 Å². The molecule has 1 aromatic rings. The molecule has 0 fully saturated rings. The highest BCUT2D eigenvalue weighted by molar-refractivity contribution is 5.73. The molecule has 0 aliphatic heterocycles. The quantitative estimate of drug-likeness (QED) is 0.588. The number of rotatable bonds is 6. The minimum absolute atomic E-state index is 0.0557. The van der Waals surface area contributed by atoms with Crippen molar-refractivity contribution in [2.45, 2.75) is 12.5 Å². The zero-order valence-electron chi connectivity index (χ0n) is 9.47. The molecule has 0 aliphatic rings. The van der Waals surface area contributed by atoms with Crippen LogP contribution in [0.2, 0.25) is 0 Å². The smallest absolute Gasteiger partial charge is 0.320 e. The molecule has 7 heteroatoms. The van der Waals surface area contributed by atoms with Crippen molar-refractivity contribution in [3.8, 4) is 17.2 Å². The third-order valence-corrected chi connectivity index (χ3v) is 2.21. The number of carbonyl (C=O) groups is 1. The van der Waals surface area contributed by atoms with Crippen LogP contribution in [0.3, 0.4) is 0 Å². The number of ether oxygens (including phenoxy) is 1. The third kappa shape index (κ3) is 3.49. The van der Waals surface area contributed by atoms with Gasteiger partial charge in [-0.25, -0.2) is 4.39 Å². The highest BCUT2D eigenvalue weighted by Crippen LogP contribution is 2.37. The molecule has 5 N–H and O–H groups in total. The summed E-state index contributed by atoms with van der Waals surface area (Å²) in [5, 5.41) is 27.7. The lowest BCUT2D eigenvalue weighted by molar-refractivity contribution is -0.138. The molecule has 0 amide bonds. The van der Waals surface area contributed by atoms with Crippen molar-refractivity contribution in [2.75, 3.05) is 13.3 Å². The molecule has 0 bridgehead atoms. The van der Waals surface area contributed by atoms with Gasteiger partial charge in [-0.3, -0.25) is 4.79 Å². The zero-order chi connectivity index (χ0) is 13.7. The molecule has 0 saturated heterocycles. The molecule has 1 rings (SSSR count). The first-order valence-corrected chi connectivity index (χ1v) is 5.17. The lowest BCUT2D eigenvalue weighted by Crippen LogP contribution is -2.32. The van der Waals surface area contributed by atoms with Gasteiger partial charge in [0.15, 0.2) is 11.5 Å². The summed E-state index contributed by atoms with van der Waals surface area (Å²) in [5.74, 6) is -2.21. The largest absolute Gasteiger partial charge is 0.504 e. The number of carboxylic acid groups (broad SMARTS) is 1. The van der Waals surface area contributed by atoms with Crippen LogP contribution in [0.15, 0.2) is 12.1 Å². The molecule has 1 unspecified atom stereocenters. The van der Waals surface area contributed by atoms with E-state index in [1.165, 1.54) is 12.1 Å². The van der Waals surface area contributed by atoms with Crippen molar-refractivity contribution in [1.29, 1.82) is 0 Å². The van der Waals surface area contributed by atoms with Gasteiger partial charge in [-0.05, 0) is 24.1 Å². The molecule has 0 heterocycles. The van der Waals surface area contributed by atoms with Crippen molar-refractivity contribution in [3.63, 3.8) is 0 Å². The molecule has 100 valence electrons. The summed E-state index contributed by atoms with van der Waals surface area (Å²) < 4.78 is 16.7. The molecule has 0 aliphatic carbocycles. The minimum atomic E-state index is -1.19. The number of alkyl halides is 1. The van der Waals surface area contributed by atoms with E-state index in [-0.39, 0.29) is 18.8 Å².